The number of allylic oxidation sites excluding steroid dienone is 1. The number of benzene rings is 1. The molecule has 2 rings (SSSR count). The highest BCUT2D eigenvalue weighted by Crippen LogP contribution is 2.33. The van der Waals surface area contributed by atoms with Crippen molar-refractivity contribution in [3.8, 4) is 0 Å². The van der Waals surface area contributed by atoms with E-state index in [0.717, 1.165) is 11.1 Å². The summed E-state index contributed by atoms with van der Waals surface area (Å²) in [5, 5.41) is 8.70. The highest BCUT2D eigenvalue weighted by molar-refractivity contribution is 6.21. The lowest BCUT2D eigenvalue weighted by molar-refractivity contribution is -0.136. The molecule has 1 aromatic carbocycles. The Kier molecular flexibility index (Phi) is 2.15. The van der Waals surface area contributed by atoms with Crippen molar-refractivity contribution < 1.29 is 14.7 Å². The number of rotatable bonds is 2. The van der Waals surface area contributed by atoms with E-state index in [9.17, 15) is 9.59 Å². The van der Waals surface area contributed by atoms with Gasteiger partial charge in [0.15, 0.2) is 5.78 Å². The number of carboxylic acid groups (broad SMARTS) is 1. The largest absolute Gasteiger partial charge is 0.481 e. The molecule has 0 saturated carbocycles. The van der Waals surface area contributed by atoms with Crippen LogP contribution in [-0.4, -0.2) is 16.9 Å². The van der Waals surface area contributed by atoms with Crippen molar-refractivity contribution in [2.75, 3.05) is 0 Å². The maximum Gasteiger partial charge on any atom is 0.307 e. The number of carbonyl (C=O) groups is 2. The van der Waals surface area contributed by atoms with Crippen molar-refractivity contribution in [3.63, 3.8) is 0 Å². The molecule has 0 amide bonds. The molecule has 0 saturated heterocycles. The van der Waals surface area contributed by atoms with Gasteiger partial charge in [0.05, 0.1) is 6.42 Å². The van der Waals surface area contributed by atoms with E-state index in [1.54, 1.807) is 19.1 Å². The Morgan fingerprint density at radius 1 is 1.27 bits per heavy atom. The Bertz CT molecular complexity index is 483. The van der Waals surface area contributed by atoms with Crippen LogP contribution >= 0.6 is 0 Å². The van der Waals surface area contributed by atoms with Crippen LogP contribution in [0.25, 0.3) is 5.57 Å². The van der Waals surface area contributed by atoms with Gasteiger partial charge in [-0.15, -0.1) is 0 Å². The molecule has 3 nitrogen and oxygen atoms in total. The fourth-order valence-corrected chi connectivity index (χ4v) is 1.87. The predicted octanol–water partition coefficient (Wildman–Crippen LogP) is 2.13. The molecule has 0 atom stereocenters. The molecule has 15 heavy (non-hydrogen) atoms. The molecular formula is C12H10O3. The van der Waals surface area contributed by atoms with E-state index in [0.29, 0.717) is 11.1 Å². The molecular weight excluding hydrogens is 192 g/mol. The van der Waals surface area contributed by atoms with Crippen LogP contribution in [0.5, 0.6) is 0 Å². The fraction of sp³-hybridized carbons (Fsp3) is 0.167. The van der Waals surface area contributed by atoms with Crippen molar-refractivity contribution in [2.24, 2.45) is 0 Å². The summed E-state index contributed by atoms with van der Waals surface area (Å²) in [5.41, 5.74) is 2.67. The average molecular weight is 202 g/mol. The van der Waals surface area contributed by atoms with E-state index in [4.69, 9.17) is 5.11 Å². The molecule has 0 radical (unpaired) electrons. The van der Waals surface area contributed by atoms with E-state index in [1.807, 2.05) is 12.1 Å². The highest BCUT2D eigenvalue weighted by Gasteiger charge is 2.27. The quantitative estimate of drug-likeness (QED) is 0.799. The van der Waals surface area contributed by atoms with Crippen molar-refractivity contribution in [3.05, 3.63) is 41.0 Å². The van der Waals surface area contributed by atoms with E-state index in [1.165, 1.54) is 0 Å². The van der Waals surface area contributed by atoms with E-state index < -0.39 is 5.97 Å². The number of carbonyl (C=O) groups excluding carboxylic acids is 1. The molecule has 1 aliphatic rings. The van der Waals surface area contributed by atoms with Gasteiger partial charge in [-0.2, -0.15) is 0 Å². The normalized spacial score (nSPS) is 14.3. The summed E-state index contributed by atoms with van der Waals surface area (Å²) in [5.74, 6) is -1.11. The van der Waals surface area contributed by atoms with Crippen LogP contribution in [0.1, 0.15) is 29.3 Å². The Morgan fingerprint density at radius 3 is 2.40 bits per heavy atom. The van der Waals surface area contributed by atoms with Crippen LogP contribution in [0.15, 0.2) is 29.8 Å². The van der Waals surface area contributed by atoms with Gasteiger partial charge < -0.3 is 5.11 Å². The third-order valence-corrected chi connectivity index (χ3v) is 2.63. The molecule has 1 N–H and O–H groups in total. The monoisotopic (exact) mass is 202 g/mol. The zero-order chi connectivity index (χ0) is 11.0. The number of fused-ring (bicyclic) bond motifs is 1. The molecule has 0 spiro atoms. The zero-order valence-electron chi connectivity index (χ0n) is 8.28. The lowest BCUT2D eigenvalue weighted by Crippen LogP contribution is -2.04. The summed E-state index contributed by atoms with van der Waals surface area (Å²) >= 11 is 0. The van der Waals surface area contributed by atoms with Crippen LogP contribution < -0.4 is 0 Å². The van der Waals surface area contributed by atoms with Gasteiger partial charge in [-0.25, -0.2) is 0 Å². The molecule has 0 fully saturated rings. The minimum atomic E-state index is -0.967. The summed E-state index contributed by atoms with van der Waals surface area (Å²) in [6.45, 7) is 1.79. The topological polar surface area (TPSA) is 54.4 Å². The molecule has 0 unspecified atom stereocenters. The van der Waals surface area contributed by atoms with E-state index in [2.05, 4.69) is 0 Å². The summed E-state index contributed by atoms with van der Waals surface area (Å²) in [6, 6.07) is 7.21. The Morgan fingerprint density at radius 2 is 1.87 bits per heavy atom. The van der Waals surface area contributed by atoms with Gasteiger partial charge in [0.2, 0.25) is 0 Å². The Labute approximate surface area is 87.0 Å². The van der Waals surface area contributed by atoms with Crippen molar-refractivity contribution in [1.82, 2.24) is 0 Å². The summed E-state index contributed by atoms with van der Waals surface area (Å²) < 4.78 is 0. The maximum absolute atomic E-state index is 11.8. The first kappa shape index (κ1) is 9.65. The van der Waals surface area contributed by atoms with Crippen LogP contribution in [-0.2, 0) is 4.79 Å². The van der Waals surface area contributed by atoms with Crippen LogP contribution in [0, 0.1) is 0 Å². The summed E-state index contributed by atoms with van der Waals surface area (Å²) in [4.78, 5) is 22.4. The Hall–Kier alpha value is -1.90. The SMILES string of the molecule is CC1=C(CC(=O)O)C(=O)c2ccccc21. The smallest absolute Gasteiger partial charge is 0.307 e. The minimum absolute atomic E-state index is 0.148. The van der Waals surface area contributed by atoms with Gasteiger partial charge in [-0.05, 0) is 18.1 Å². The molecule has 0 heterocycles. The van der Waals surface area contributed by atoms with Crippen molar-refractivity contribution in [2.45, 2.75) is 13.3 Å². The highest BCUT2D eigenvalue weighted by atomic mass is 16.4. The van der Waals surface area contributed by atoms with Crippen LogP contribution in [0.2, 0.25) is 0 Å². The molecule has 1 aromatic rings. The first-order valence-electron chi connectivity index (χ1n) is 4.67. The maximum atomic E-state index is 11.8. The van der Waals surface area contributed by atoms with Gasteiger partial charge in [-0.1, -0.05) is 24.3 Å². The van der Waals surface area contributed by atoms with E-state index in [-0.39, 0.29) is 12.2 Å². The summed E-state index contributed by atoms with van der Waals surface area (Å²) in [6.07, 6.45) is -0.195. The van der Waals surface area contributed by atoms with Gasteiger partial charge in [0.25, 0.3) is 0 Å². The van der Waals surface area contributed by atoms with E-state index >= 15 is 0 Å². The second-order valence-electron chi connectivity index (χ2n) is 3.55. The third-order valence-electron chi connectivity index (χ3n) is 2.63. The van der Waals surface area contributed by atoms with Gasteiger partial charge >= 0.3 is 5.97 Å². The first-order chi connectivity index (χ1) is 7.11. The lowest BCUT2D eigenvalue weighted by atomic mass is 10.1. The summed E-state index contributed by atoms with van der Waals surface area (Å²) in [7, 11) is 0. The zero-order valence-corrected chi connectivity index (χ0v) is 8.28. The lowest BCUT2D eigenvalue weighted by Gasteiger charge is -1.97. The average Bonchev–Trinajstić information content (AvgIpc) is 2.44. The molecule has 0 aliphatic heterocycles. The minimum Gasteiger partial charge on any atom is -0.481 e. The molecule has 3 heteroatoms. The predicted molar refractivity (Wildman–Crippen MR) is 55.6 cm³/mol. The van der Waals surface area contributed by atoms with Crippen molar-refractivity contribution >= 4 is 17.3 Å². The van der Waals surface area contributed by atoms with Gasteiger partial charge in [0.1, 0.15) is 0 Å². The number of carboxylic acids is 1. The number of hydrogen-bond acceptors (Lipinski definition) is 2. The molecule has 0 aromatic heterocycles. The Balaban J connectivity index is 2.50. The molecule has 1 aliphatic carbocycles. The molecule has 0 bridgehead atoms. The second kappa shape index (κ2) is 3.35. The number of Topliss-reactive ketones (excluding diaryl/α,β-unsaturated/α-hetero) is 1. The number of hydrogen-bond donors (Lipinski definition) is 1. The fourth-order valence-electron chi connectivity index (χ4n) is 1.87. The molecule has 76 valence electrons. The number of ketones is 1. The number of aliphatic carboxylic acids is 1. The van der Waals surface area contributed by atoms with Crippen LogP contribution in [0.3, 0.4) is 0 Å². The second-order valence-corrected chi connectivity index (χ2v) is 3.55. The van der Waals surface area contributed by atoms with Gasteiger partial charge in [-0.3, -0.25) is 9.59 Å². The third kappa shape index (κ3) is 1.46. The van der Waals surface area contributed by atoms with Crippen LogP contribution in [0.4, 0.5) is 0 Å². The van der Waals surface area contributed by atoms with Crippen molar-refractivity contribution in [1.29, 1.82) is 0 Å². The first-order valence-corrected chi connectivity index (χ1v) is 4.67. The standard InChI is InChI=1S/C12H10O3/c1-7-8-4-2-3-5-9(8)12(15)10(7)6-11(13)14/h2-5H,6H2,1H3,(H,13,14). The van der Waals surface area contributed by atoms with Gasteiger partial charge in [0, 0.05) is 11.1 Å².